The molecule has 0 aliphatic rings. The lowest BCUT2D eigenvalue weighted by atomic mass is 10.1. The molecule has 0 heterocycles. The lowest BCUT2D eigenvalue weighted by Gasteiger charge is -2.10. The molecule has 1 aromatic rings. The molecule has 1 aromatic carbocycles. The van der Waals surface area contributed by atoms with E-state index in [1.54, 1.807) is 0 Å². The number of alkyl halides is 1. The standard InChI is InChI=1S/C8H8ClF2NO.ClH/c9-7-5(11)2-1-4(8(7)13)6(12)3-10;/h1-2,6,13H,3,12H2;1H/t6-;/m1./s1. The summed E-state index contributed by atoms with van der Waals surface area (Å²) in [4.78, 5) is 0. The van der Waals surface area contributed by atoms with Crippen LogP contribution in [0.4, 0.5) is 8.78 Å². The molecule has 0 spiro atoms. The summed E-state index contributed by atoms with van der Waals surface area (Å²) in [7, 11) is 0. The van der Waals surface area contributed by atoms with E-state index in [0.717, 1.165) is 6.07 Å². The van der Waals surface area contributed by atoms with Gasteiger partial charge in [-0.1, -0.05) is 17.7 Å². The van der Waals surface area contributed by atoms with Crippen molar-refractivity contribution in [2.24, 2.45) is 5.73 Å². The third-order valence-corrected chi connectivity index (χ3v) is 2.03. The van der Waals surface area contributed by atoms with Crippen molar-refractivity contribution in [1.82, 2.24) is 0 Å². The van der Waals surface area contributed by atoms with E-state index >= 15 is 0 Å². The van der Waals surface area contributed by atoms with Crippen LogP contribution in [0.25, 0.3) is 0 Å². The van der Waals surface area contributed by atoms with Crippen molar-refractivity contribution < 1.29 is 13.9 Å². The molecule has 0 radical (unpaired) electrons. The van der Waals surface area contributed by atoms with E-state index < -0.39 is 29.3 Å². The SMILES string of the molecule is Cl.N[C@H](CF)c1ccc(F)c(Cl)c1O. The Balaban J connectivity index is 0.00000169. The van der Waals surface area contributed by atoms with Crippen LogP contribution in [-0.4, -0.2) is 11.8 Å². The van der Waals surface area contributed by atoms with Gasteiger partial charge >= 0.3 is 0 Å². The molecule has 2 nitrogen and oxygen atoms in total. The maximum atomic E-state index is 12.7. The van der Waals surface area contributed by atoms with E-state index in [0.29, 0.717) is 0 Å². The maximum absolute atomic E-state index is 12.7. The summed E-state index contributed by atoms with van der Waals surface area (Å²) in [6, 6.07) is 1.27. The molecule has 80 valence electrons. The van der Waals surface area contributed by atoms with E-state index in [9.17, 15) is 13.9 Å². The molecule has 0 unspecified atom stereocenters. The molecule has 1 atom stereocenters. The molecule has 0 aromatic heterocycles. The van der Waals surface area contributed by atoms with Gasteiger partial charge in [0.25, 0.3) is 0 Å². The number of phenols is 1. The lowest BCUT2D eigenvalue weighted by molar-refractivity contribution is 0.412. The Morgan fingerprint density at radius 2 is 2.07 bits per heavy atom. The van der Waals surface area contributed by atoms with Crippen molar-refractivity contribution in [2.45, 2.75) is 6.04 Å². The molecule has 6 heteroatoms. The van der Waals surface area contributed by atoms with Crippen LogP contribution < -0.4 is 5.73 Å². The average molecular weight is 244 g/mol. The second-order valence-electron chi connectivity index (χ2n) is 2.56. The van der Waals surface area contributed by atoms with Crippen molar-refractivity contribution in [2.75, 3.05) is 6.67 Å². The minimum atomic E-state index is -0.974. The monoisotopic (exact) mass is 243 g/mol. The molecule has 0 fully saturated rings. The van der Waals surface area contributed by atoms with Gasteiger partial charge in [-0.05, 0) is 6.07 Å². The Hall–Kier alpha value is -0.580. The van der Waals surface area contributed by atoms with Gasteiger partial charge in [0.1, 0.15) is 23.3 Å². The van der Waals surface area contributed by atoms with Gasteiger partial charge in [0, 0.05) is 5.56 Å². The third kappa shape index (κ3) is 2.47. The number of phenolic OH excluding ortho intramolecular Hbond substituents is 1. The summed E-state index contributed by atoms with van der Waals surface area (Å²) < 4.78 is 24.8. The van der Waals surface area contributed by atoms with Gasteiger partial charge in [0.15, 0.2) is 0 Å². The molecule has 0 aliphatic heterocycles. The fourth-order valence-electron chi connectivity index (χ4n) is 0.937. The summed E-state index contributed by atoms with van der Waals surface area (Å²) in [5.41, 5.74) is 5.40. The number of halogens is 4. The molecule has 0 amide bonds. The van der Waals surface area contributed by atoms with Crippen LogP contribution >= 0.6 is 24.0 Å². The average Bonchev–Trinajstić information content (AvgIpc) is 2.13. The highest BCUT2D eigenvalue weighted by atomic mass is 35.5. The van der Waals surface area contributed by atoms with Gasteiger partial charge < -0.3 is 10.8 Å². The number of nitrogens with two attached hydrogens (primary N) is 1. The largest absolute Gasteiger partial charge is 0.506 e. The molecule has 1 rings (SSSR count). The van der Waals surface area contributed by atoms with Gasteiger partial charge in [-0.3, -0.25) is 0 Å². The number of benzene rings is 1. The van der Waals surface area contributed by atoms with Crippen LogP contribution in [0.2, 0.25) is 5.02 Å². The highest BCUT2D eigenvalue weighted by Gasteiger charge is 2.15. The Bertz CT molecular complexity index is 322. The normalized spacial score (nSPS) is 12.0. The number of hydrogen-bond acceptors (Lipinski definition) is 2. The predicted octanol–water partition coefficient (Wildman–Crippen LogP) is 2.58. The summed E-state index contributed by atoms with van der Waals surface area (Å²) in [5.74, 6) is -1.25. The molecule has 0 saturated carbocycles. The van der Waals surface area contributed by atoms with Crippen LogP contribution in [0, 0.1) is 5.82 Å². The first-order valence-corrected chi connectivity index (χ1v) is 3.94. The van der Waals surface area contributed by atoms with Crippen LogP contribution in [0.3, 0.4) is 0 Å². The van der Waals surface area contributed by atoms with Gasteiger partial charge in [0.2, 0.25) is 0 Å². The highest BCUT2D eigenvalue weighted by Crippen LogP contribution is 2.32. The molecular formula is C8H9Cl2F2NO. The Kier molecular flexibility index (Phi) is 5.12. The van der Waals surface area contributed by atoms with Crippen molar-refractivity contribution in [3.8, 4) is 5.75 Å². The summed E-state index contributed by atoms with van der Waals surface area (Å²) in [5, 5.41) is 8.83. The Labute approximate surface area is 91.1 Å². The Morgan fingerprint density at radius 1 is 1.50 bits per heavy atom. The molecule has 0 bridgehead atoms. The zero-order valence-corrected chi connectivity index (χ0v) is 8.58. The zero-order valence-electron chi connectivity index (χ0n) is 7.01. The second-order valence-corrected chi connectivity index (χ2v) is 2.94. The number of rotatable bonds is 2. The molecule has 14 heavy (non-hydrogen) atoms. The van der Waals surface area contributed by atoms with E-state index in [4.69, 9.17) is 17.3 Å². The summed E-state index contributed by atoms with van der Waals surface area (Å²) >= 11 is 5.38. The lowest BCUT2D eigenvalue weighted by Crippen LogP contribution is -2.12. The quantitative estimate of drug-likeness (QED) is 0.839. The maximum Gasteiger partial charge on any atom is 0.145 e. The third-order valence-electron chi connectivity index (χ3n) is 1.67. The fraction of sp³-hybridized carbons (Fsp3) is 0.250. The van der Waals surface area contributed by atoms with Gasteiger partial charge in [-0.2, -0.15) is 0 Å². The first kappa shape index (κ1) is 13.4. The zero-order chi connectivity index (χ0) is 10.0. The van der Waals surface area contributed by atoms with Crippen molar-refractivity contribution >= 4 is 24.0 Å². The van der Waals surface area contributed by atoms with E-state index in [1.807, 2.05) is 0 Å². The van der Waals surface area contributed by atoms with E-state index in [-0.39, 0.29) is 18.0 Å². The van der Waals surface area contributed by atoms with E-state index in [2.05, 4.69) is 0 Å². The van der Waals surface area contributed by atoms with Gasteiger partial charge in [-0.15, -0.1) is 12.4 Å². The van der Waals surface area contributed by atoms with Crippen LogP contribution in [0.15, 0.2) is 12.1 Å². The first-order valence-electron chi connectivity index (χ1n) is 3.56. The molecule has 0 aliphatic carbocycles. The molecule has 3 N–H and O–H groups in total. The van der Waals surface area contributed by atoms with Crippen molar-refractivity contribution in [3.63, 3.8) is 0 Å². The predicted molar refractivity (Wildman–Crippen MR) is 53.2 cm³/mol. The fourth-order valence-corrected chi connectivity index (χ4v) is 1.11. The van der Waals surface area contributed by atoms with Gasteiger partial charge in [-0.25, -0.2) is 8.78 Å². The highest BCUT2D eigenvalue weighted by molar-refractivity contribution is 6.32. The van der Waals surface area contributed by atoms with Crippen LogP contribution in [0.5, 0.6) is 5.75 Å². The summed E-state index contributed by atoms with van der Waals surface area (Å²) in [6.45, 7) is -0.838. The Morgan fingerprint density at radius 3 is 2.57 bits per heavy atom. The van der Waals surface area contributed by atoms with Crippen molar-refractivity contribution in [3.05, 3.63) is 28.5 Å². The minimum Gasteiger partial charge on any atom is -0.506 e. The van der Waals surface area contributed by atoms with E-state index in [1.165, 1.54) is 6.07 Å². The molecular weight excluding hydrogens is 235 g/mol. The van der Waals surface area contributed by atoms with Gasteiger partial charge in [0.05, 0.1) is 6.04 Å². The minimum absolute atomic E-state index is 0. The first-order chi connectivity index (χ1) is 6.07. The van der Waals surface area contributed by atoms with Crippen LogP contribution in [0.1, 0.15) is 11.6 Å². The van der Waals surface area contributed by atoms with Crippen molar-refractivity contribution in [1.29, 1.82) is 0 Å². The second kappa shape index (κ2) is 5.34. The molecule has 0 saturated heterocycles. The smallest absolute Gasteiger partial charge is 0.145 e. The number of aromatic hydroxyl groups is 1. The topological polar surface area (TPSA) is 46.2 Å². The number of hydrogen-bond donors (Lipinski definition) is 2. The van der Waals surface area contributed by atoms with Crippen LogP contribution in [-0.2, 0) is 0 Å². The summed E-state index contributed by atoms with van der Waals surface area (Å²) in [6.07, 6.45) is 0.